The number of hydrogen-bond donors (Lipinski definition) is 1. The van der Waals surface area contributed by atoms with Crippen LogP contribution in [0.3, 0.4) is 0 Å². The van der Waals surface area contributed by atoms with Crippen LogP contribution in [0.25, 0.3) is 0 Å². The third-order valence-corrected chi connectivity index (χ3v) is 3.05. The van der Waals surface area contributed by atoms with Gasteiger partial charge in [-0.25, -0.2) is 0 Å². The summed E-state index contributed by atoms with van der Waals surface area (Å²) >= 11 is 0. The van der Waals surface area contributed by atoms with Gasteiger partial charge in [0.15, 0.2) is 0 Å². The highest BCUT2D eigenvalue weighted by Gasteiger charge is 2.40. The van der Waals surface area contributed by atoms with Gasteiger partial charge in [-0.3, -0.25) is 0 Å². The minimum atomic E-state index is -0.0154. The standard InChI is InChI=1S/C12H18N2/c1-9-4-5-10(12(13)6-7-12)8-11(9)14(2)3/h4-5,8H,6-7,13H2,1-3H3. The van der Waals surface area contributed by atoms with Crippen LogP contribution in [0.5, 0.6) is 0 Å². The van der Waals surface area contributed by atoms with Crippen molar-refractivity contribution in [1.82, 2.24) is 0 Å². The number of benzene rings is 1. The predicted molar refractivity (Wildman–Crippen MR) is 60.6 cm³/mol. The molecule has 2 heteroatoms. The van der Waals surface area contributed by atoms with Crippen molar-refractivity contribution in [3.63, 3.8) is 0 Å². The van der Waals surface area contributed by atoms with Crippen molar-refractivity contribution in [2.24, 2.45) is 5.73 Å². The maximum absolute atomic E-state index is 6.17. The molecule has 0 bridgehead atoms. The smallest absolute Gasteiger partial charge is 0.0412 e. The molecule has 0 atom stereocenters. The lowest BCUT2D eigenvalue weighted by atomic mass is 10.0. The van der Waals surface area contributed by atoms with Crippen LogP contribution in [-0.2, 0) is 5.54 Å². The zero-order valence-electron chi connectivity index (χ0n) is 9.17. The maximum atomic E-state index is 6.17. The van der Waals surface area contributed by atoms with E-state index in [1.165, 1.54) is 16.8 Å². The van der Waals surface area contributed by atoms with Gasteiger partial charge < -0.3 is 10.6 Å². The van der Waals surface area contributed by atoms with Crippen molar-refractivity contribution in [3.8, 4) is 0 Å². The predicted octanol–water partition coefficient (Wildman–Crippen LogP) is 2.01. The Kier molecular flexibility index (Phi) is 2.04. The molecule has 1 aromatic rings. The van der Waals surface area contributed by atoms with Gasteiger partial charge in [0.2, 0.25) is 0 Å². The average molecular weight is 190 g/mol. The minimum Gasteiger partial charge on any atom is -0.377 e. The molecular weight excluding hydrogens is 172 g/mol. The number of nitrogens with two attached hydrogens (primary N) is 1. The van der Waals surface area contributed by atoms with E-state index in [0.29, 0.717) is 0 Å². The summed E-state index contributed by atoms with van der Waals surface area (Å²) < 4.78 is 0. The van der Waals surface area contributed by atoms with Crippen LogP contribution >= 0.6 is 0 Å². The fourth-order valence-corrected chi connectivity index (χ4v) is 1.82. The topological polar surface area (TPSA) is 29.3 Å². The second-order valence-electron chi connectivity index (χ2n) is 4.55. The van der Waals surface area contributed by atoms with Crippen molar-refractivity contribution in [2.45, 2.75) is 25.3 Å². The van der Waals surface area contributed by atoms with Crippen molar-refractivity contribution < 1.29 is 0 Å². The lowest BCUT2D eigenvalue weighted by molar-refractivity contribution is 0.739. The van der Waals surface area contributed by atoms with E-state index in [4.69, 9.17) is 5.73 Å². The minimum absolute atomic E-state index is 0.0154. The normalized spacial score (nSPS) is 18.0. The summed E-state index contributed by atoms with van der Waals surface area (Å²) in [6.45, 7) is 2.13. The maximum Gasteiger partial charge on any atom is 0.0412 e. The molecule has 0 heterocycles. The third kappa shape index (κ3) is 1.50. The Bertz CT molecular complexity index is 351. The Hall–Kier alpha value is -1.02. The quantitative estimate of drug-likeness (QED) is 0.773. The summed E-state index contributed by atoms with van der Waals surface area (Å²) in [5.74, 6) is 0. The van der Waals surface area contributed by atoms with E-state index in [1.807, 2.05) is 0 Å². The molecule has 0 saturated heterocycles. The van der Waals surface area contributed by atoms with Gasteiger partial charge in [-0.2, -0.15) is 0 Å². The molecular formula is C12H18N2. The fraction of sp³-hybridized carbons (Fsp3) is 0.500. The molecule has 1 fully saturated rings. The van der Waals surface area contributed by atoms with E-state index in [2.05, 4.69) is 44.1 Å². The van der Waals surface area contributed by atoms with E-state index < -0.39 is 0 Å². The van der Waals surface area contributed by atoms with Gasteiger partial charge in [-0.1, -0.05) is 12.1 Å². The first-order valence-electron chi connectivity index (χ1n) is 5.10. The zero-order chi connectivity index (χ0) is 10.3. The Labute approximate surface area is 85.7 Å². The van der Waals surface area contributed by atoms with E-state index in [9.17, 15) is 0 Å². The summed E-state index contributed by atoms with van der Waals surface area (Å²) in [6, 6.07) is 6.55. The molecule has 0 aromatic heterocycles. The van der Waals surface area contributed by atoms with Gasteiger partial charge in [-0.15, -0.1) is 0 Å². The molecule has 1 aliphatic rings. The second kappa shape index (κ2) is 2.99. The highest BCUT2D eigenvalue weighted by Crippen LogP contribution is 2.43. The number of aryl methyl sites for hydroxylation is 1. The molecule has 76 valence electrons. The van der Waals surface area contributed by atoms with E-state index in [1.54, 1.807) is 0 Å². The summed E-state index contributed by atoms with van der Waals surface area (Å²) in [7, 11) is 4.14. The van der Waals surface area contributed by atoms with Crippen LogP contribution in [0.2, 0.25) is 0 Å². The molecule has 1 aliphatic carbocycles. The molecule has 0 unspecified atom stereocenters. The van der Waals surface area contributed by atoms with Gasteiger partial charge in [0.1, 0.15) is 0 Å². The monoisotopic (exact) mass is 190 g/mol. The molecule has 0 amide bonds. The number of hydrogen-bond acceptors (Lipinski definition) is 2. The van der Waals surface area contributed by atoms with Crippen molar-refractivity contribution in [1.29, 1.82) is 0 Å². The molecule has 2 N–H and O–H groups in total. The molecule has 14 heavy (non-hydrogen) atoms. The molecule has 0 spiro atoms. The summed E-state index contributed by atoms with van der Waals surface area (Å²) in [4.78, 5) is 2.14. The first-order valence-corrected chi connectivity index (χ1v) is 5.10. The van der Waals surface area contributed by atoms with Gasteiger partial charge in [0.05, 0.1) is 0 Å². The highest BCUT2D eigenvalue weighted by molar-refractivity contribution is 5.55. The second-order valence-corrected chi connectivity index (χ2v) is 4.55. The van der Waals surface area contributed by atoms with Crippen LogP contribution in [-0.4, -0.2) is 14.1 Å². The van der Waals surface area contributed by atoms with E-state index >= 15 is 0 Å². The van der Waals surface area contributed by atoms with Gasteiger partial charge in [0, 0.05) is 25.3 Å². The molecule has 2 nitrogen and oxygen atoms in total. The van der Waals surface area contributed by atoms with Gasteiger partial charge in [-0.05, 0) is 37.0 Å². The first-order chi connectivity index (χ1) is 6.53. The molecule has 0 aliphatic heterocycles. The Morgan fingerprint density at radius 2 is 1.93 bits per heavy atom. The van der Waals surface area contributed by atoms with Crippen molar-refractivity contribution in [2.75, 3.05) is 19.0 Å². The van der Waals surface area contributed by atoms with Gasteiger partial charge >= 0.3 is 0 Å². The third-order valence-electron chi connectivity index (χ3n) is 3.05. The zero-order valence-corrected chi connectivity index (χ0v) is 9.17. The van der Waals surface area contributed by atoms with Crippen molar-refractivity contribution >= 4 is 5.69 Å². The number of anilines is 1. The van der Waals surface area contributed by atoms with Crippen LogP contribution in [0.1, 0.15) is 24.0 Å². The Balaban J connectivity index is 2.41. The molecule has 0 radical (unpaired) electrons. The highest BCUT2D eigenvalue weighted by atomic mass is 15.1. The summed E-state index contributed by atoms with van der Waals surface area (Å²) in [6.07, 6.45) is 2.26. The largest absolute Gasteiger partial charge is 0.377 e. The van der Waals surface area contributed by atoms with Crippen LogP contribution in [0.15, 0.2) is 18.2 Å². The molecule has 1 saturated carbocycles. The SMILES string of the molecule is Cc1ccc(C2(N)CC2)cc1N(C)C. The number of rotatable bonds is 2. The van der Waals surface area contributed by atoms with Crippen LogP contribution < -0.4 is 10.6 Å². The van der Waals surface area contributed by atoms with E-state index in [0.717, 1.165) is 12.8 Å². The van der Waals surface area contributed by atoms with Crippen LogP contribution in [0.4, 0.5) is 5.69 Å². The summed E-state index contributed by atoms with van der Waals surface area (Å²) in [5.41, 5.74) is 10.0. The van der Waals surface area contributed by atoms with Crippen LogP contribution in [0, 0.1) is 6.92 Å². The van der Waals surface area contributed by atoms with Gasteiger partial charge in [0.25, 0.3) is 0 Å². The van der Waals surface area contributed by atoms with E-state index in [-0.39, 0.29) is 5.54 Å². The number of nitrogens with zero attached hydrogens (tertiary/aromatic N) is 1. The fourth-order valence-electron chi connectivity index (χ4n) is 1.82. The summed E-state index contributed by atoms with van der Waals surface area (Å²) in [5, 5.41) is 0. The molecule has 2 rings (SSSR count). The Morgan fingerprint density at radius 3 is 2.43 bits per heavy atom. The first kappa shape index (κ1) is 9.53. The lowest BCUT2D eigenvalue weighted by Crippen LogP contribution is -2.20. The molecule has 1 aromatic carbocycles. The average Bonchev–Trinajstić information content (AvgIpc) is 2.85. The van der Waals surface area contributed by atoms with Crippen molar-refractivity contribution in [3.05, 3.63) is 29.3 Å². The Morgan fingerprint density at radius 1 is 1.29 bits per heavy atom. The lowest BCUT2D eigenvalue weighted by Gasteiger charge is -2.19.